The number of amides is 1. The van der Waals surface area contributed by atoms with Gasteiger partial charge in [0.05, 0.1) is 11.5 Å². The van der Waals surface area contributed by atoms with Crippen LogP contribution >= 0.6 is 0 Å². The van der Waals surface area contributed by atoms with Gasteiger partial charge in [0.15, 0.2) is 0 Å². The molecule has 1 aromatic rings. The molecule has 0 saturated carbocycles. The van der Waals surface area contributed by atoms with E-state index in [1.165, 1.54) is 12.1 Å². The first-order valence-corrected chi connectivity index (χ1v) is 8.00. The van der Waals surface area contributed by atoms with Gasteiger partial charge in [-0.15, -0.1) is 0 Å². The summed E-state index contributed by atoms with van der Waals surface area (Å²) in [7, 11) is 0. The summed E-state index contributed by atoms with van der Waals surface area (Å²) in [5, 5.41) is 13.7. The number of rotatable bonds is 6. The van der Waals surface area contributed by atoms with Crippen LogP contribution in [0.1, 0.15) is 20.3 Å². The van der Waals surface area contributed by atoms with E-state index in [4.69, 9.17) is 0 Å². The number of non-ortho nitro benzene ring substituents is 1. The van der Waals surface area contributed by atoms with Crippen molar-refractivity contribution in [2.24, 2.45) is 0 Å². The molecule has 23 heavy (non-hydrogen) atoms. The highest BCUT2D eigenvalue weighted by atomic mass is 16.6. The van der Waals surface area contributed by atoms with Gasteiger partial charge in [0.2, 0.25) is 5.91 Å². The SMILES string of the molecule is CCC(C)NC(=O)CN1CCN(c2ccc([N+](=O)[O-])cc2)CC1. The molecule has 0 radical (unpaired) electrons. The van der Waals surface area contributed by atoms with Crippen LogP contribution in [0.25, 0.3) is 0 Å². The lowest BCUT2D eigenvalue weighted by Crippen LogP contribution is -2.50. The summed E-state index contributed by atoms with van der Waals surface area (Å²) in [4.78, 5) is 26.5. The largest absolute Gasteiger partial charge is 0.369 e. The molecule has 0 spiro atoms. The van der Waals surface area contributed by atoms with Gasteiger partial charge < -0.3 is 10.2 Å². The Morgan fingerprint density at radius 2 is 1.87 bits per heavy atom. The molecule has 1 atom stereocenters. The Kier molecular flexibility index (Phi) is 5.92. The maximum atomic E-state index is 11.9. The molecule has 1 aromatic carbocycles. The van der Waals surface area contributed by atoms with Crippen LogP contribution in [-0.2, 0) is 4.79 Å². The van der Waals surface area contributed by atoms with Gasteiger partial charge in [0.25, 0.3) is 5.69 Å². The number of nitrogens with one attached hydrogen (secondary N) is 1. The lowest BCUT2D eigenvalue weighted by molar-refractivity contribution is -0.384. The topological polar surface area (TPSA) is 78.7 Å². The molecule has 1 aliphatic rings. The molecule has 1 aliphatic heterocycles. The number of carbonyl (C=O) groups excluding carboxylic acids is 1. The summed E-state index contributed by atoms with van der Waals surface area (Å²) in [5.74, 6) is 0.0723. The third kappa shape index (κ3) is 4.92. The van der Waals surface area contributed by atoms with Crippen molar-refractivity contribution in [1.82, 2.24) is 10.2 Å². The Labute approximate surface area is 136 Å². The molecule has 1 amide bonds. The maximum absolute atomic E-state index is 11.9. The van der Waals surface area contributed by atoms with E-state index in [1.807, 2.05) is 13.8 Å². The zero-order valence-corrected chi connectivity index (χ0v) is 13.7. The average molecular weight is 320 g/mol. The Balaban J connectivity index is 1.81. The van der Waals surface area contributed by atoms with Crippen LogP contribution in [0.15, 0.2) is 24.3 Å². The zero-order chi connectivity index (χ0) is 16.8. The van der Waals surface area contributed by atoms with Gasteiger partial charge in [-0.25, -0.2) is 0 Å². The predicted molar refractivity (Wildman–Crippen MR) is 89.6 cm³/mol. The van der Waals surface area contributed by atoms with Gasteiger partial charge in [0.1, 0.15) is 0 Å². The van der Waals surface area contributed by atoms with Gasteiger partial charge >= 0.3 is 0 Å². The number of nitrogens with zero attached hydrogens (tertiary/aromatic N) is 3. The van der Waals surface area contributed by atoms with E-state index in [0.29, 0.717) is 6.54 Å². The highest BCUT2D eigenvalue weighted by Crippen LogP contribution is 2.20. The molecule has 7 heteroatoms. The second-order valence-corrected chi connectivity index (χ2v) is 5.91. The van der Waals surface area contributed by atoms with Gasteiger partial charge in [-0.3, -0.25) is 19.8 Å². The number of nitro groups is 1. The number of benzene rings is 1. The molecule has 1 heterocycles. The fourth-order valence-electron chi connectivity index (χ4n) is 2.57. The maximum Gasteiger partial charge on any atom is 0.269 e. The van der Waals surface area contributed by atoms with Crippen LogP contribution in [-0.4, -0.2) is 54.5 Å². The van der Waals surface area contributed by atoms with E-state index < -0.39 is 4.92 Å². The number of nitro benzene ring substituents is 1. The summed E-state index contributed by atoms with van der Waals surface area (Å²) < 4.78 is 0. The Morgan fingerprint density at radius 3 is 2.39 bits per heavy atom. The van der Waals surface area contributed by atoms with E-state index in [1.54, 1.807) is 12.1 Å². The second kappa shape index (κ2) is 7.92. The fourth-order valence-corrected chi connectivity index (χ4v) is 2.57. The van der Waals surface area contributed by atoms with Gasteiger partial charge in [-0.05, 0) is 25.5 Å². The van der Waals surface area contributed by atoms with E-state index in [0.717, 1.165) is 38.3 Å². The second-order valence-electron chi connectivity index (χ2n) is 5.91. The lowest BCUT2D eigenvalue weighted by atomic mass is 10.2. The first-order chi connectivity index (χ1) is 11.0. The monoisotopic (exact) mass is 320 g/mol. The van der Waals surface area contributed by atoms with Crippen LogP contribution in [0.2, 0.25) is 0 Å². The minimum atomic E-state index is -0.391. The van der Waals surface area contributed by atoms with E-state index in [-0.39, 0.29) is 17.6 Å². The molecule has 2 rings (SSSR count). The van der Waals surface area contributed by atoms with E-state index in [2.05, 4.69) is 15.1 Å². The van der Waals surface area contributed by atoms with Crippen LogP contribution in [0.3, 0.4) is 0 Å². The smallest absolute Gasteiger partial charge is 0.269 e. The summed E-state index contributed by atoms with van der Waals surface area (Å²) >= 11 is 0. The minimum absolute atomic E-state index is 0.0723. The molecule has 1 unspecified atom stereocenters. The number of hydrogen-bond donors (Lipinski definition) is 1. The van der Waals surface area contributed by atoms with Crippen LogP contribution in [0.4, 0.5) is 11.4 Å². The van der Waals surface area contributed by atoms with Crippen molar-refractivity contribution in [3.8, 4) is 0 Å². The molecule has 0 aliphatic carbocycles. The highest BCUT2D eigenvalue weighted by molar-refractivity contribution is 5.78. The third-order valence-corrected chi connectivity index (χ3v) is 4.18. The zero-order valence-electron chi connectivity index (χ0n) is 13.7. The molecule has 1 fully saturated rings. The van der Waals surface area contributed by atoms with Crippen molar-refractivity contribution in [2.45, 2.75) is 26.3 Å². The van der Waals surface area contributed by atoms with Crippen molar-refractivity contribution in [3.05, 3.63) is 34.4 Å². The predicted octanol–water partition coefficient (Wildman–Crippen LogP) is 1.63. The van der Waals surface area contributed by atoms with Crippen molar-refractivity contribution < 1.29 is 9.72 Å². The molecule has 0 aromatic heterocycles. The normalized spacial score (nSPS) is 16.9. The van der Waals surface area contributed by atoms with Crippen LogP contribution in [0, 0.1) is 10.1 Å². The van der Waals surface area contributed by atoms with Crippen molar-refractivity contribution in [1.29, 1.82) is 0 Å². The highest BCUT2D eigenvalue weighted by Gasteiger charge is 2.20. The average Bonchev–Trinajstić information content (AvgIpc) is 2.55. The van der Waals surface area contributed by atoms with Crippen molar-refractivity contribution in [3.63, 3.8) is 0 Å². The number of hydrogen-bond acceptors (Lipinski definition) is 5. The first-order valence-electron chi connectivity index (χ1n) is 8.00. The molecule has 7 nitrogen and oxygen atoms in total. The molecule has 0 bridgehead atoms. The van der Waals surface area contributed by atoms with Gasteiger partial charge in [0, 0.05) is 50.0 Å². The minimum Gasteiger partial charge on any atom is -0.369 e. The number of anilines is 1. The summed E-state index contributed by atoms with van der Waals surface area (Å²) in [5.41, 5.74) is 1.09. The molecular weight excluding hydrogens is 296 g/mol. The first kappa shape index (κ1) is 17.2. The molecular formula is C16H24N4O3. The van der Waals surface area contributed by atoms with Crippen molar-refractivity contribution in [2.75, 3.05) is 37.6 Å². The quantitative estimate of drug-likeness (QED) is 0.637. The number of carbonyl (C=O) groups is 1. The van der Waals surface area contributed by atoms with Crippen molar-refractivity contribution >= 4 is 17.3 Å². The van der Waals surface area contributed by atoms with Crippen LogP contribution in [0.5, 0.6) is 0 Å². The van der Waals surface area contributed by atoms with E-state index >= 15 is 0 Å². The van der Waals surface area contributed by atoms with E-state index in [9.17, 15) is 14.9 Å². The fraction of sp³-hybridized carbons (Fsp3) is 0.562. The Morgan fingerprint density at radius 1 is 1.26 bits per heavy atom. The third-order valence-electron chi connectivity index (χ3n) is 4.18. The molecule has 1 N–H and O–H groups in total. The Hall–Kier alpha value is -2.15. The lowest BCUT2D eigenvalue weighted by Gasteiger charge is -2.35. The summed E-state index contributed by atoms with van der Waals surface area (Å²) in [6, 6.07) is 6.83. The molecule has 1 saturated heterocycles. The van der Waals surface area contributed by atoms with Crippen LogP contribution < -0.4 is 10.2 Å². The standard InChI is InChI=1S/C16H24N4O3/c1-3-13(2)17-16(21)12-18-8-10-19(11-9-18)14-4-6-15(7-5-14)20(22)23/h4-7,13H,3,8-12H2,1-2H3,(H,17,21). The Bertz CT molecular complexity index is 539. The summed E-state index contributed by atoms with van der Waals surface area (Å²) in [6.07, 6.45) is 0.930. The van der Waals surface area contributed by atoms with Gasteiger partial charge in [-0.1, -0.05) is 6.92 Å². The molecule has 126 valence electrons. The summed E-state index contributed by atoms with van der Waals surface area (Å²) in [6.45, 7) is 7.73. The number of piperazine rings is 1. The van der Waals surface area contributed by atoms with Gasteiger partial charge in [-0.2, -0.15) is 0 Å².